The van der Waals surface area contributed by atoms with E-state index in [1.54, 1.807) is 6.07 Å². The molecule has 0 aliphatic rings. The molecule has 4 aromatic rings. The molecule has 0 aliphatic heterocycles. The van der Waals surface area contributed by atoms with E-state index in [0.29, 0.717) is 0 Å². The van der Waals surface area contributed by atoms with Crippen LogP contribution in [0.3, 0.4) is 0 Å². The third kappa shape index (κ3) is 2.58. The first kappa shape index (κ1) is 15.2. The maximum absolute atomic E-state index is 10.9. The van der Waals surface area contributed by atoms with Gasteiger partial charge in [0.05, 0.1) is 0 Å². The number of allylic oxidation sites excluding steroid dienone is 1. The van der Waals surface area contributed by atoms with E-state index in [9.17, 15) is 9.90 Å². The number of aldehydes is 1. The van der Waals surface area contributed by atoms with Crippen LogP contribution in [0.15, 0.2) is 78.9 Å². The molecular formula is C23H16O2. The average Bonchev–Trinajstić information content (AvgIpc) is 2.67. The Kier molecular flexibility index (Phi) is 3.79. The van der Waals surface area contributed by atoms with E-state index in [1.807, 2.05) is 54.6 Å². The van der Waals surface area contributed by atoms with Gasteiger partial charge in [0.15, 0.2) is 0 Å². The van der Waals surface area contributed by atoms with E-state index in [-0.39, 0.29) is 5.75 Å². The van der Waals surface area contributed by atoms with Gasteiger partial charge in [-0.1, -0.05) is 72.8 Å². The molecule has 0 bridgehead atoms. The molecular weight excluding hydrogens is 308 g/mol. The first-order valence-electron chi connectivity index (χ1n) is 8.14. The van der Waals surface area contributed by atoms with Crippen LogP contribution in [0, 0.1) is 0 Å². The summed E-state index contributed by atoms with van der Waals surface area (Å²) in [5, 5.41) is 14.5. The number of rotatable bonds is 3. The molecule has 0 aromatic heterocycles. The second-order valence-electron chi connectivity index (χ2n) is 5.92. The van der Waals surface area contributed by atoms with Crippen molar-refractivity contribution in [2.75, 3.05) is 0 Å². The minimum Gasteiger partial charge on any atom is -0.507 e. The number of phenols is 1. The first-order chi connectivity index (χ1) is 12.3. The molecule has 0 heterocycles. The van der Waals surface area contributed by atoms with Gasteiger partial charge >= 0.3 is 0 Å². The zero-order valence-electron chi connectivity index (χ0n) is 13.5. The molecule has 0 fully saturated rings. The molecule has 0 atom stereocenters. The highest BCUT2D eigenvalue weighted by Gasteiger charge is 2.13. The van der Waals surface area contributed by atoms with Gasteiger partial charge in [-0.05, 0) is 45.0 Å². The van der Waals surface area contributed by atoms with Crippen LogP contribution in [0.4, 0.5) is 0 Å². The van der Waals surface area contributed by atoms with Crippen LogP contribution in [-0.2, 0) is 4.79 Å². The monoisotopic (exact) mass is 324 g/mol. The number of aromatic hydroxyl groups is 1. The van der Waals surface area contributed by atoms with Crippen LogP contribution in [0.1, 0.15) is 5.56 Å². The normalized spacial score (nSPS) is 11.4. The molecule has 0 unspecified atom stereocenters. The predicted octanol–water partition coefficient (Wildman–Crippen LogP) is 5.58. The fourth-order valence-electron chi connectivity index (χ4n) is 3.38. The summed E-state index contributed by atoms with van der Waals surface area (Å²) in [6, 6.07) is 23.8. The number of hydrogen-bond acceptors (Lipinski definition) is 2. The maximum atomic E-state index is 10.9. The molecule has 0 radical (unpaired) electrons. The Morgan fingerprint density at radius 2 is 1.40 bits per heavy atom. The Morgan fingerprint density at radius 3 is 2.20 bits per heavy atom. The van der Waals surface area contributed by atoms with Crippen molar-refractivity contribution in [3.8, 4) is 16.9 Å². The van der Waals surface area contributed by atoms with Crippen molar-refractivity contribution in [3.63, 3.8) is 0 Å². The number of carbonyl (C=O) groups is 1. The van der Waals surface area contributed by atoms with Crippen LogP contribution in [0.2, 0.25) is 0 Å². The molecule has 1 N–H and O–H groups in total. The average molecular weight is 324 g/mol. The number of carbonyl (C=O) groups excluding carboxylic acids is 1. The summed E-state index contributed by atoms with van der Waals surface area (Å²) in [5.74, 6) is 0.238. The molecule has 4 rings (SSSR count). The molecule has 120 valence electrons. The molecule has 0 saturated carbocycles. The van der Waals surface area contributed by atoms with Crippen LogP contribution < -0.4 is 0 Å². The largest absolute Gasteiger partial charge is 0.507 e. The third-order valence-corrected chi connectivity index (χ3v) is 4.49. The summed E-state index contributed by atoms with van der Waals surface area (Å²) in [7, 11) is 0. The van der Waals surface area contributed by atoms with Crippen LogP contribution in [-0.4, -0.2) is 11.4 Å². The fourth-order valence-corrected chi connectivity index (χ4v) is 3.38. The minimum atomic E-state index is 0.238. The van der Waals surface area contributed by atoms with Gasteiger partial charge in [0, 0.05) is 5.39 Å². The molecule has 25 heavy (non-hydrogen) atoms. The van der Waals surface area contributed by atoms with Gasteiger partial charge in [0.25, 0.3) is 0 Å². The highest BCUT2D eigenvalue weighted by molar-refractivity contribution is 6.06. The second kappa shape index (κ2) is 6.25. The highest BCUT2D eigenvalue weighted by Crippen LogP contribution is 2.39. The van der Waals surface area contributed by atoms with Crippen molar-refractivity contribution in [1.82, 2.24) is 0 Å². The highest BCUT2D eigenvalue weighted by atomic mass is 16.3. The summed E-state index contributed by atoms with van der Waals surface area (Å²) in [5.41, 5.74) is 2.87. The maximum Gasteiger partial charge on any atom is 0.142 e. The smallest absolute Gasteiger partial charge is 0.142 e. The molecule has 2 heteroatoms. The topological polar surface area (TPSA) is 37.3 Å². The Morgan fingerprint density at radius 1 is 0.720 bits per heavy atom. The van der Waals surface area contributed by atoms with Crippen LogP contribution in [0.5, 0.6) is 5.75 Å². The lowest BCUT2D eigenvalue weighted by atomic mass is 9.90. The van der Waals surface area contributed by atoms with E-state index >= 15 is 0 Å². The van der Waals surface area contributed by atoms with Crippen LogP contribution >= 0.6 is 0 Å². The van der Waals surface area contributed by atoms with Gasteiger partial charge < -0.3 is 5.11 Å². The van der Waals surface area contributed by atoms with Gasteiger partial charge in [-0.15, -0.1) is 0 Å². The van der Waals surface area contributed by atoms with Gasteiger partial charge in [0.1, 0.15) is 12.0 Å². The number of hydrogen-bond donors (Lipinski definition) is 1. The van der Waals surface area contributed by atoms with Crippen molar-refractivity contribution in [1.29, 1.82) is 0 Å². The van der Waals surface area contributed by atoms with Crippen molar-refractivity contribution in [3.05, 3.63) is 84.4 Å². The Balaban J connectivity index is 2.13. The van der Waals surface area contributed by atoms with Crippen molar-refractivity contribution in [2.45, 2.75) is 0 Å². The number of benzene rings is 4. The SMILES string of the molecule is O=C/C=C/c1c(-c2cccc3ccccc23)cc(O)c2ccccc12. The zero-order valence-corrected chi connectivity index (χ0v) is 13.5. The third-order valence-electron chi connectivity index (χ3n) is 4.49. The summed E-state index contributed by atoms with van der Waals surface area (Å²) in [6.45, 7) is 0. The Bertz CT molecular complexity index is 1120. The molecule has 0 aliphatic carbocycles. The van der Waals surface area contributed by atoms with E-state index in [4.69, 9.17) is 0 Å². The second-order valence-corrected chi connectivity index (χ2v) is 5.92. The van der Waals surface area contributed by atoms with Gasteiger partial charge in [-0.25, -0.2) is 0 Å². The number of fused-ring (bicyclic) bond motifs is 2. The molecule has 0 saturated heterocycles. The van der Waals surface area contributed by atoms with Crippen molar-refractivity contribution < 1.29 is 9.90 Å². The lowest BCUT2D eigenvalue weighted by Crippen LogP contribution is -1.89. The Hall–Kier alpha value is -3.39. The predicted molar refractivity (Wildman–Crippen MR) is 104 cm³/mol. The Labute approximate surface area is 145 Å². The summed E-state index contributed by atoms with van der Waals surface area (Å²) >= 11 is 0. The van der Waals surface area contributed by atoms with E-state index < -0.39 is 0 Å². The number of phenolic OH excluding ortho intramolecular Hbond substituents is 1. The van der Waals surface area contributed by atoms with Gasteiger partial charge in [-0.2, -0.15) is 0 Å². The van der Waals surface area contributed by atoms with Crippen LogP contribution in [0.25, 0.3) is 38.7 Å². The van der Waals surface area contributed by atoms with E-state index in [0.717, 1.165) is 44.5 Å². The summed E-state index contributed by atoms with van der Waals surface area (Å²) in [4.78, 5) is 10.9. The summed E-state index contributed by atoms with van der Waals surface area (Å²) < 4.78 is 0. The molecule has 0 spiro atoms. The van der Waals surface area contributed by atoms with Crippen molar-refractivity contribution in [2.24, 2.45) is 0 Å². The first-order valence-corrected chi connectivity index (χ1v) is 8.14. The van der Waals surface area contributed by atoms with E-state index in [2.05, 4.69) is 18.2 Å². The lowest BCUT2D eigenvalue weighted by molar-refractivity contribution is -0.104. The van der Waals surface area contributed by atoms with Gasteiger partial charge in [-0.3, -0.25) is 4.79 Å². The van der Waals surface area contributed by atoms with Gasteiger partial charge in [0.2, 0.25) is 0 Å². The molecule has 4 aromatic carbocycles. The molecule has 2 nitrogen and oxygen atoms in total. The quantitative estimate of drug-likeness (QED) is 0.395. The lowest BCUT2D eigenvalue weighted by Gasteiger charge is -2.14. The standard InChI is InChI=1S/C23H16O2/c24-14-6-13-20-19-10-3-4-11-21(19)23(25)15-22(20)18-12-5-8-16-7-1-2-9-17(16)18/h1-15,25H/b13-6+. The molecule has 0 amide bonds. The fraction of sp³-hybridized carbons (Fsp3) is 0. The van der Waals surface area contributed by atoms with E-state index in [1.165, 1.54) is 6.08 Å². The minimum absolute atomic E-state index is 0.238. The zero-order chi connectivity index (χ0) is 17.2. The van der Waals surface area contributed by atoms with Crippen molar-refractivity contribution >= 4 is 33.9 Å². The summed E-state index contributed by atoms with van der Waals surface area (Å²) in [6.07, 6.45) is 4.08.